The summed E-state index contributed by atoms with van der Waals surface area (Å²) in [6, 6.07) is 4.13. The van der Waals surface area contributed by atoms with Crippen molar-refractivity contribution in [3.8, 4) is 0 Å². The predicted molar refractivity (Wildman–Crippen MR) is 81.7 cm³/mol. The third-order valence-electron chi connectivity index (χ3n) is 4.58. The lowest BCUT2D eigenvalue weighted by Crippen LogP contribution is -2.31. The van der Waals surface area contributed by atoms with Gasteiger partial charge in [-0.1, -0.05) is 6.92 Å². The van der Waals surface area contributed by atoms with Crippen molar-refractivity contribution in [2.24, 2.45) is 0 Å². The zero-order chi connectivity index (χ0) is 14.2. The first kappa shape index (κ1) is 13.0. The van der Waals surface area contributed by atoms with Crippen LogP contribution in [0.5, 0.6) is 0 Å². The van der Waals surface area contributed by atoms with Crippen LogP contribution in [0.1, 0.15) is 37.9 Å². The standard InChI is InChI=1S/C15H22N6/c1-2-19-8-3-9-20(11-10-19)14-7-6-13-16-17-15(12-4-5-12)21(13)18-14/h6-7,12H,2-5,8-11H2,1H3. The van der Waals surface area contributed by atoms with E-state index in [0.717, 1.165) is 43.5 Å². The second kappa shape index (κ2) is 5.26. The third-order valence-corrected chi connectivity index (χ3v) is 4.58. The Kier molecular flexibility index (Phi) is 3.25. The van der Waals surface area contributed by atoms with E-state index in [4.69, 9.17) is 5.10 Å². The topological polar surface area (TPSA) is 49.6 Å². The molecule has 3 heterocycles. The lowest BCUT2D eigenvalue weighted by Gasteiger charge is -2.22. The van der Waals surface area contributed by atoms with Crippen LogP contribution in [0.25, 0.3) is 5.65 Å². The molecule has 4 rings (SSSR count). The van der Waals surface area contributed by atoms with E-state index in [-0.39, 0.29) is 0 Å². The lowest BCUT2D eigenvalue weighted by atomic mass is 10.3. The van der Waals surface area contributed by atoms with Gasteiger partial charge >= 0.3 is 0 Å². The number of likely N-dealkylation sites (N-methyl/N-ethyl adjacent to an activating group) is 1. The molecule has 1 aliphatic heterocycles. The fourth-order valence-electron chi connectivity index (χ4n) is 3.08. The van der Waals surface area contributed by atoms with Crippen molar-refractivity contribution in [3.63, 3.8) is 0 Å². The summed E-state index contributed by atoms with van der Waals surface area (Å²) in [6.45, 7) is 7.81. The number of nitrogens with zero attached hydrogens (tertiary/aromatic N) is 6. The molecule has 0 unspecified atom stereocenters. The Bertz CT molecular complexity index is 632. The minimum atomic E-state index is 0.572. The predicted octanol–water partition coefficient (Wildman–Crippen LogP) is 1.53. The minimum Gasteiger partial charge on any atom is -0.354 e. The van der Waals surface area contributed by atoms with Gasteiger partial charge in [0.15, 0.2) is 11.5 Å². The highest BCUT2D eigenvalue weighted by Gasteiger charge is 2.29. The number of hydrogen-bond acceptors (Lipinski definition) is 5. The lowest BCUT2D eigenvalue weighted by molar-refractivity contribution is 0.310. The van der Waals surface area contributed by atoms with Gasteiger partial charge in [0.05, 0.1) is 0 Å². The van der Waals surface area contributed by atoms with Crippen molar-refractivity contribution in [1.82, 2.24) is 24.7 Å². The second-order valence-corrected chi connectivity index (χ2v) is 6.07. The van der Waals surface area contributed by atoms with E-state index < -0.39 is 0 Å². The summed E-state index contributed by atoms with van der Waals surface area (Å²) in [7, 11) is 0. The van der Waals surface area contributed by atoms with Crippen LogP contribution in [-0.4, -0.2) is 57.4 Å². The monoisotopic (exact) mass is 286 g/mol. The van der Waals surface area contributed by atoms with Gasteiger partial charge in [-0.05, 0) is 44.5 Å². The van der Waals surface area contributed by atoms with E-state index in [9.17, 15) is 0 Å². The number of anilines is 1. The van der Waals surface area contributed by atoms with Crippen LogP contribution >= 0.6 is 0 Å². The van der Waals surface area contributed by atoms with Crippen molar-refractivity contribution >= 4 is 11.5 Å². The second-order valence-electron chi connectivity index (χ2n) is 6.07. The maximum absolute atomic E-state index is 4.81. The van der Waals surface area contributed by atoms with Gasteiger partial charge in [-0.3, -0.25) is 0 Å². The Morgan fingerprint density at radius 1 is 1.10 bits per heavy atom. The summed E-state index contributed by atoms with van der Waals surface area (Å²) in [5.41, 5.74) is 0.866. The van der Waals surface area contributed by atoms with Gasteiger partial charge in [0.2, 0.25) is 0 Å². The molecule has 1 aliphatic carbocycles. The maximum atomic E-state index is 4.81. The van der Waals surface area contributed by atoms with Gasteiger partial charge in [-0.25, -0.2) is 0 Å². The smallest absolute Gasteiger partial charge is 0.178 e. The number of rotatable bonds is 3. The Balaban J connectivity index is 1.62. The summed E-state index contributed by atoms with van der Waals surface area (Å²) < 4.78 is 1.95. The molecule has 0 spiro atoms. The summed E-state index contributed by atoms with van der Waals surface area (Å²) in [6.07, 6.45) is 3.65. The Morgan fingerprint density at radius 3 is 2.81 bits per heavy atom. The van der Waals surface area contributed by atoms with E-state index in [2.05, 4.69) is 33.0 Å². The number of hydrogen-bond donors (Lipinski definition) is 0. The first-order chi connectivity index (χ1) is 10.3. The zero-order valence-electron chi connectivity index (χ0n) is 12.6. The highest BCUT2D eigenvalue weighted by atomic mass is 15.4. The molecule has 1 saturated carbocycles. The Labute approximate surface area is 124 Å². The van der Waals surface area contributed by atoms with Gasteiger partial charge in [0, 0.05) is 25.6 Å². The first-order valence-corrected chi connectivity index (χ1v) is 8.05. The normalized spacial score (nSPS) is 20.9. The molecule has 21 heavy (non-hydrogen) atoms. The van der Waals surface area contributed by atoms with Crippen LogP contribution in [0, 0.1) is 0 Å². The molecule has 0 aromatic carbocycles. The molecule has 0 bridgehead atoms. The zero-order valence-corrected chi connectivity index (χ0v) is 12.6. The van der Waals surface area contributed by atoms with E-state index in [1.54, 1.807) is 0 Å². The molecule has 2 aromatic rings. The molecule has 1 saturated heterocycles. The molecule has 2 aliphatic rings. The molecule has 6 heteroatoms. The Hall–Kier alpha value is -1.69. The molecule has 0 radical (unpaired) electrons. The van der Waals surface area contributed by atoms with Crippen LogP contribution in [0.15, 0.2) is 12.1 Å². The largest absolute Gasteiger partial charge is 0.354 e. The average molecular weight is 286 g/mol. The molecule has 112 valence electrons. The fraction of sp³-hybridized carbons (Fsp3) is 0.667. The summed E-state index contributed by atoms with van der Waals surface area (Å²) in [5.74, 6) is 2.67. The maximum Gasteiger partial charge on any atom is 0.178 e. The van der Waals surface area contributed by atoms with Crippen LogP contribution in [0.4, 0.5) is 5.82 Å². The summed E-state index contributed by atoms with van der Waals surface area (Å²) in [5, 5.41) is 13.4. The summed E-state index contributed by atoms with van der Waals surface area (Å²) in [4.78, 5) is 4.90. The number of fused-ring (bicyclic) bond motifs is 1. The molecular formula is C15H22N6. The van der Waals surface area contributed by atoms with E-state index >= 15 is 0 Å². The third kappa shape index (κ3) is 2.48. The van der Waals surface area contributed by atoms with Crippen LogP contribution in [-0.2, 0) is 0 Å². The van der Waals surface area contributed by atoms with Crippen molar-refractivity contribution in [2.45, 2.75) is 32.1 Å². The average Bonchev–Trinajstić information content (AvgIpc) is 3.31. The van der Waals surface area contributed by atoms with Crippen LogP contribution in [0.2, 0.25) is 0 Å². The van der Waals surface area contributed by atoms with Gasteiger partial charge < -0.3 is 9.80 Å². The quantitative estimate of drug-likeness (QED) is 0.856. The summed E-state index contributed by atoms with van der Waals surface area (Å²) >= 11 is 0. The fourth-order valence-corrected chi connectivity index (χ4v) is 3.08. The van der Waals surface area contributed by atoms with E-state index in [1.807, 2.05) is 10.6 Å². The molecule has 6 nitrogen and oxygen atoms in total. The molecular weight excluding hydrogens is 264 g/mol. The van der Waals surface area contributed by atoms with Gasteiger partial charge in [0.25, 0.3) is 0 Å². The number of aromatic nitrogens is 4. The van der Waals surface area contributed by atoms with Gasteiger partial charge in [0.1, 0.15) is 5.82 Å². The highest BCUT2D eigenvalue weighted by molar-refractivity contribution is 5.46. The van der Waals surface area contributed by atoms with Crippen molar-refractivity contribution in [2.75, 3.05) is 37.6 Å². The highest BCUT2D eigenvalue weighted by Crippen LogP contribution is 2.38. The Morgan fingerprint density at radius 2 is 2.00 bits per heavy atom. The van der Waals surface area contributed by atoms with Crippen molar-refractivity contribution in [1.29, 1.82) is 0 Å². The molecule has 0 atom stereocenters. The van der Waals surface area contributed by atoms with Crippen molar-refractivity contribution < 1.29 is 0 Å². The molecule has 0 amide bonds. The van der Waals surface area contributed by atoms with E-state index in [0.29, 0.717) is 5.92 Å². The van der Waals surface area contributed by atoms with Crippen LogP contribution < -0.4 is 4.90 Å². The minimum absolute atomic E-state index is 0.572. The molecule has 2 aromatic heterocycles. The molecule has 0 N–H and O–H groups in total. The first-order valence-electron chi connectivity index (χ1n) is 8.05. The van der Waals surface area contributed by atoms with Gasteiger partial charge in [-0.2, -0.15) is 4.52 Å². The SMILES string of the molecule is CCN1CCCN(c2ccc3nnc(C4CC4)n3n2)CC1. The van der Waals surface area contributed by atoms with Crippen molar-refractivity contribution in [3.05, 3.63) is 18.0 Å². The molecule has 2 fully saturated rings. The van der Waals surface area contributed by atoms with E-state index in [1.165, 1.54) is 25.8 Å². The van der Waals surface area contributed by atoms with Crippen LogP contribution in [0.3, 0.4) is 0 Å². The van der Waals surface area contributed by atoms with Gasteiger partial charge in [-0.15, -0.1) is 15.3 Å².